The van der Waals surface area contributed by atoms with Crippen LogP contribution >= 0.6 is 0 Å². The minimum absolute atomic E-state index is 0.138. The van der Waals surface area contributed by atoms with Crippen LogP contribution in [0.1, 0.15) is 18.1 Å². The number of nitrogens with zero attached hydrogens (tertiary/aromatic N) is 3. The van der Waals surface area contributed by atoms with Crippen molar-refractivity contribution in [2.75, 3.05) is 6.54 Å². The molecular formula is C20H21F2N5. The zero-order chi connectivity index (χ0) is 19.1. The molecule has 3 rings (SSSR count). The van der Waals surface area contributed by atoms with Gasteiger partial charge in [-0.2, -0.15) is 5.10 Å². The lowest BCUT2D eigenvalue weighted by Crippen LogP contribution is -2.37. The zero-order valence-corrected chi connectivity index (χ0v) is 15.0. The van der Waals surface area contributed by atoms with E-state index in [9.17, 15) is 8.78 Å². The van der Waals surface area contributed by atoms with Crippen molar-refractivity contribution in [3.63, 3.8) is 0 Å². The molecule has 0 fully saturated rings. The molecule has 0 saturated carbocycles. The SMILES string of the molecule is CCNC(=NCc1cnn(-c2ccccc2)c1)NCc1cc(F)ccc1F. The Hall–Kier alpha value is -3.22. The van der Waals surface area contributed by atoms with Crippen molar-refractivity contribution in [3.05, 3.63) is 83.7 Å². The Bertz CT molecular complexity index is 906. The topological polar surface area (TPSA) is 54.2 Å². The van der Waals surface area contributed by atoms with Crippen molar-refractivity contribution >= 4 is 5.96 Å². The molecule has 1 heterocycles. The van der Waals surface area contributed by atoms with Gasteiger partial charge in [-0.05, 0) is 37.3 Å². The van der Waals surface area contributed by atoms with Gasteiger partial charge in [-0.15, -0.1) is 0 Å². The first-order valence-electron chi connectivity index (χ1n) is 8.71. The third kappa shape index (κ3) is 5.13. The minimum atomic E-state index is -0.469. The largest absolute Gasteiger partial charge is 0.357 e. The van der Waals surface area contributed by atoms with Crippen LogP contribution in [-0.4, -0.2) is 22.3 Å². The number of benzene rings is 2. The molecule has 2 aromatic carbocycles. The average molecular weight is 369 g/mol. The number of nitrogens with one attached hydrogen (secondary N) is 2. The summed E-state index contributed by atoms with van der Waals surface area (Å²) in [6, 6.07) is 13.2. The van der Waals surface area contributed by atoms with Gasteiger partial charge in [-0.25, -0.2) is 18.5 Å². The van der Waals surface area contributed by atoms with Gasteiger partial charge in [0.2, 0.25) is 0 Å². The number of hydrogen-bond acceptors (Lipinski definition) is 2. The van der Waals surface area contributed by atoms with Crippen LogP contribution in [0.2, 0.25) is 0 Å². The summed E-state index contributed by atoms with van der Waals surface area (Å²) >= 11 is 0. The number of aromatic nitrogens is 2. The normalized spacial score (nSPS) is 11.4. The van der Waals surface area contributed by atoms with Crippen LogP contribution in [0.3, 0.4) is 0 Å². The smallest absolute Gasteiger partial charge is 0.191 e. The van der Waals surface area contributed by atoms with Crippen molar-refractivity contribution in [1.29, 1.82) is 0 Å². The van der Waals surface area contributed by atoms with Crippen LogP contribution in [0.25, 0.3) is 5.69 Å². The van der Waals surface area contributed by atoms with Crippen molar-refractivity contribution in [2.24, 2.45) is 4.99 Å². The van der Waals surface area contributed by atoms with Gasteiger partial charge >= 0.3 is 0 Å². The fourth-order valence-corrected chi connectivity index (χ4v) is 2.53. The molecule has 0 radical (unpaired) electrons. The molecule has 0 amide bonds. The lowest BCUT2D eigenvalue weighted by Gasteiger charge is -2.11. The van der Waals surface area contributed by atoms with Gasteiger partial charge in [0, 0.05) is 30.4 Å². The van der Waals surface area contributed by atoms with E-state index in [0.717, 1.165) is 23.4 Å². The first-order chi connectivity index (χ1) is 13.2. The molecule has 5 nitrogen and oxygen atoms in total. The maximum Gasteiger partial charge on any atom is 0.191 e. The van der Waals surface area contributed by atoms with Crippen LogP contribution in [0.15, 0.2) is 65.9 Å². The number of para-hydroxylation sites is 1. The molecule has 3 aromatic rings. The van der Waals surface area contributed by atoms with E-state index in [1.807, 2.05) is 43.5 Å². The molecule has 140 valence electrons. The van der Waals surface area contributed by atoms with Crippen LogP contribution < -0.4 is 10.6 Å². The third-order valence-electron chi connectivity index (χ3n) is 3.87. The first kappa shape index (κ1) is 18.6. The maximum atomic E-state index is 13.7. The number of rotatable bonds is 6. The molecule has 0 aliphatic rings. The van der Waals surface area contributed by atoms with Crippen LogP contribution in [0.4, 0.5) is 8.78 Å². The van der Waals surface area contributed by atoms with Gasteiger partial charge in [-0.3, -0.25) is 0 Å². The monoisotopic (exact) mass is 369 g/mol. The van der Waals surface area contributed by atoms with E-state index in [-0.39, 0.29) is 12.1 Å². The first-order valence-corrected chi connectivity index (χ1v) is 8.71. The van der Waals surface area contributed by atoms with Gasteiger partial charge < -0.3 is 10.6 Å². The van der Waals surface area contributed by atoms with Crippen molar-refractivity contribution in [2.45, 2.75) is 20.0 Å². The summed E-state index contributed by atoms with van der Waals surface area (Å²) in [7, 11) is 0. The fraction of sp³-hybridized carbons (Fsp3) is 0.200. The molecule has 0 aliphatic carbocycles. The Balaban J connectivity index is 1.65. The van der Waals surface area contributed by atoms with Crippen LogP contribution in [0.5, 0.6) is 0 Å². The molecule has 7 heteroatoms. The molecule has 1 aromatic heterocycles. The Kier molecular flexibility index (Phi) is 6.14. The summed E-state index contributed by atoms with van der Waals surface area (Å²) in [5.74, 6) is -0.402. The van der Waals surface area contributed by atoms with E-state index in [1.54, 1.807) is 10.9 Å². The van der Waals surface area contributed by atoms with E-state index in [0.29, 0.717) is 19.0 Å². The Labute approximate surface area is 156 Å². The molecule has 2 N–H and O–H groups in total. The van der Waals surface area contributed by atoms with E-state index in [4.69, 9.17) is 0 Å². The molecule has 0 atom stereocenters. The lowest BCUT2D eigenvalue weighted by molar-refractivity contribution is 0.581. The van der Waals surface area contributed by atoms with E-state index in [2.05, 4.69) is 20.7 Å². The van der Waals surface area contributed by atoms with Gasteiger partial charge in [0.25, 0.3) is 0 Å². The van der Waals surface area contributed by atoms with Crippen molar-refractivity contribution in [3.8, 4) is 5.69 Å². The highest BCUT2D eigenvalue weighted by Crippen LogP contribution is 2.10. The molecule has 0 unspecified atom stereocenters. The number of aliphatic imine (C=N–C) groups is 1. The van der Waals surface area contributed by atoms with Crippen LogP contribution in [0, 0.1) is 11.6 Å². The second-order valence-corrected chi connectivity index (χ2v) is 5.91. The molecule has 0 saturated heterocycles. The lowest BCUT2D eigenvalue weighted by atomic mass is 10.2. The molecular weight excluding hydrogens is 348 g/mol. The highest BCUT2D eigenvalue weighted by atomic mass is 19.1. The number of halogens is 2. The Morgan fingerprint density at radius 2 is 1.93 bits per heavy atom. The summed E-state index contributed by atoms with van der Waals surface area (Å²) in [6.45, 7) is 3.14. The van der Waals surface area contributed by atoms with Crippen molar-refractivity contribution in [1.82, 2.24) is 20.4 Å². The summed E-state index contributed by atoms with van der Waals surface area (Å²) in [6.07, 6.45) is 3.67. The molecule has 0 spiro atoms. The van der Waals surface area contributed by atoms with Gasteiger partial charge in [-0.1, -0.05) is 18.2 Å². The van der Waals surface area contributed by atoms with Gasteiger partial charge in [0.1, 0.15) is 11.6 Å². The Morgan fingerprint density at radius 3 is 2.70 bits per heavy atom. The fourth-order valence-electron chi connectivity index (χ4n) is 2.53. The number of guanidine groups is 1. The quantitative estimate of drug-likeness (QED) is 0.517. The highest BCUT2D eigenvalue weighted by Gasteiger charge is 2.06. The molecule has 0 aliphatic heterocycles. The van der Waals surface area contributed by atoms with Crippen LogP contribution in [-0.2, 0) is 13.1 Å². The predicted octanol–water partition coefficient (Wildman–Crippen LogP) is 3.41. The molecule has 0 bridgehead atoms. The number of hydrogen-bond donors (Lipinski definition) is 2. The second kappa shape index (κ2) is 8.93. The Morgan fingerprint density at radius 1 is 1.11 bits per heavy atom. The summed E-state index contributed by atoms with van der Waals surface area (Å²) in [5, 5.41) is 10.5. The highest BCUT2D eigenvalue weighted by molar-refractivity contribution is 5.79. The minimum Gasteiger partial charge on any atom is -0.357 e. The summed E-state index contributed by atoms with van der Waals surface area (Å²) in [4.78, 5) is 4.48. The zero-order valence-electron chi connectivity index (χ0n) is 15.0. The van der Waals surface area contributed by atoms with Crippen molar-refractivity contribution < 1.29 is 8.78 Å². The third-order valence-corrected chi connectivity index (χ3v) is 3.87. The van der Waals surface area contributed by atoms with E-state index < -0.39 is 11.6 Å². The summed E-state index contributed by atoms with van der Waals surface area (Å²) in [5.41, 5.74) is 2.16. The predicted molar refractivity (Wildman–Crippen MR) is 102 cm³/mol. The average Bonchev–Trinajstić information content (AvgIpc) is 3.16. The summed E-state index contributed by atoms with van der Waals surface area (Å²) < 4.78 is 28.8. The maximum absolute atomic E-state index is 13.7. The van der Waals surface area contributed by atoms with Gasteiger partial charge in [0.15, 0.2) is 5.96 Å². The second-order valence-electron chi connectivity index (χ2n) is 5.91. The molecule has 27 heavy (non-hydrogen) atoms. The van der Waals surface area contributed by atoms with Gasteiger partial charge in [0.05, 0.1) is 18.4 Å². The standard InChI is InChI=1S/C20H21F2N5/c1-2-23-20(25-13-16-10-17(21)8-9-19(16)22)24-11-15-12-26-27(14-15)18-6-4-3-5-7-18/h3-10,12,14H,2,11,13H2,1H3,(H2,23,24,25). The van der Waals surface area contributed by atoms with E-state index >= 15 is 0 Å². The van der Waals surface area contributed by atoms with E-state index in [1.165, 1.54) is 6.07 Å².